The summed E-state index contributed by atoms with van der Waals surface area (Å²) in [6.07, 6.45) is 0.227. The number of furan rings is 1. The van der Waals surface area contributed by atoms with Gasteiger partial charge in [-0.2, -0.15) is 0 Å². The Bertz CT molecular complexity index is 1010. The number of benzene rings is 2. The van der Waals surface area contributed by atoms with Gasteiger partial charge in [-0.15, -0.1) is 0 Å². The third-order valence-electron chi connectivity index (χ3n) is 4.71. The number of rotatable bonds is 9. The van der Waals surface area contributed by atoms with Crippen LogP contribution in [0.1, 0.15) is 21.7 Å². The summed E-state index contributed by atoms with van der Waals surface area (Å²) >= 11 is 0. The number of carbonyl (C=O) groups is 2. The zero-order valence-electron chi connectivity index (χ0n) is 16.3. The number of amides is 1. The van der Waals surface area contributed by atoms with E-state index in [1.165, 1.54) is 14.2 Å². The van der Waals surface area contributed by atoms with Gasteiger partial charge < -0.3 is 24.3 Å². The molecule has 1 unspecified atom stereocenters. The molecule has 0 aliphatic rings. The SMILES string of the molecule is COCc1c(C(=O)NCC(Cc2ccccc2OC)C(=O)O)oc2ccccc12. The minimum absolute atomic E-state index is 0.0459. The molecule has 0 aliphatic heterocycles. The first-order valence-corrected chi connectivity index (χ1v) is 9.17. The molecule has 0 saturated heterocycles. The minimum atomic E-state index is -1.00. The number of hydrogen-bond acceptors (Lipinski definition) is 5. The minimum Gasteiger partial charge on any atom is -0.496 e. The van der Waals surface area contributed by atoms with Gasteiger partial charge in [0.15, 0.2) is 5.76 Å². The van der Waals surface area contributed by atoms with Crippen molar-refractivity contribution in [1.82, 2.24) is 5.32 Å². The van der Waals surface area contributed by atoms with Gasteiger partial charge in [0.2, 0.25) is 0 Å². The highest BCUT2D eigenvalue weighted by molar-refractivity contribution is 5.99. The Morgan fingerprint density at radius 3 is 2.55 bits per heavy atom. The number of ether oxygens (including phenoxy) is 2. The Morgan fingerprint density at radius 1 is 1.10 bits per heavy atom. The van der Waals surface area contributed by atoms with E-state index < -0.39 is 17.8 Å². The average Bonchev–Trinajstić information content (AvgIpc) is 3.10. The topological polar surface area (TPSA) is 98.0 Å². The number of para-hydroxylation sites is 2. The van der Waals surface area contributed by atoms with E-state index in [4.69, 9.17) is 13.9 Å². The lowest BCUT2D eigenvalue weighted by Crippen LogP contribution is -2.34. The summed E-state index contributed by atoms with van der Waals surface area (Å²) in [6, 6.07) is 14.5. The van der Waals surface area contributed by atoms with Crippen LogP contribution in [0.15, 0.2) is 52.9 Å². The molecule has 0 fully saturated rings. The monoisotopic (exact) mass is 397 g/mol. The van der Waals surface area contributed by atoms with Crippen LogP contribution in [0.3, 0.4) is 0 Å². The Balaban J connectivity index is 1.76. The molecule has 7 heteroatoms. The lowest BCUT2D eigenvalue weighted by Gasteiger charge is -2.15. The molecule has 1 heterocycles. The van der Waals surface area contributed by atoms with Gasteiger partial charge in [0.05, 0.1) is 19.6 Å². The third kappa shape index (κ3) is 4.57. The number of carbonyl (C=O) groups excluding carboxylic acids is 1. The number of fused-ring (bicyclic) bond motifs is 1. The number of methoxy groups -OCH3 is 2. The number of carboxylic acid groups (broad SMARTS) is 1. The van der Waals surface area contributed by atoms with Gasteiger partial charge in [-0.3, -0.25) is 9.59 Å². The van der Waals surface area contributed by atoms with Crippen LogP contribution in [0, 0.1) is 5.92 Å². The van der Waals surface area contributed by atoms with Crippen LogP contribution in [0.2, 0.25) is 0 Å². The molecule has 2 aromatic carbocycles. The van der Waals surface area contributed by atoms with E-state index in [1.54, 1.807) is 12.1 Å². The van der Waals surface area contributed by atoms with Gasteiger partial charge in [-0.25, -0.2) is 0 Å². The number of aliphatic carboxylic acids is 1. The van der Waals surface area contributed by atoms with Crippen LogP contribution in [0.4, 0.5) is 0 Å². The molecule has 0 aliphatic carbocycles. The molecule has 0 saturated carbocycles. The van der Waals surface area contributed by atoms with Crippen molar-refractivity contribution in [3.05, 3.63) is 65.4 Å². The highest BCUT2D eigenvalue weighted by Crippen LogP contribution is 2.27. The first-order chi connectivity index (χ1) is 14.0. The zero-order valence-corrected chi connectivity index (χ0v) is 16.3. The van der Waals surface area contributed by atoms with Gasteiger partial charge in [-0.05, 0) is 24.1 Å². The van der Waals surface area contributed by atoms with Crippen molar-refractivity contribution in [3.63, 3.8) is 0 Å². The molecular formula is C22H23NO6. The fourth-order valence-corrected chi connectivity index (χ4v) is 3.25. The molecule has 0 spiro atoms. The van der Waals surface area contributed by atoms with Crippen molar-refractivity contribution in [2.24, 2.45) is 5.92 Å². The summed E-state index contributed by atoms with van der Waals surface area (Å²) < 4.78 is 16.2. The van der Waals surface area contributed by atoms with Crippen LogP contribution in [0.25, 0.3) is 11.0 Å². The molecule has 0 radical (unpaired) electrons. The lowest BCUT2D eigenvalue weighted by atomic mass is 9.98. The molecule has 3 rings (SSSR count). The van der Waals surface area contributed by atoms with E-state index in [0.717, 1.165) is 10.9 Å². The normalized spacial score (nSPS) is 11.9. The van der Waals surface area contributed by atoms with Crippen LogP contribution >= 0.6 is 0 Å². The molecule has 7 nitrogen and oxygen atoms in total. The second-order valence-corrected chi connectivity index (χ2v) is 6.60. The van der Waals surface area contributed by atoms with E-state index in [1.807, 2.05) is 36.4 Å². The van der Waals surface area contributed by atoms with Crippen LogP contribution in [0.5, 0.6) is 5.75 Å². The Morgan fingerprint density at radius 2 is 1.83 bits per heavy atom. The van der Waals surface area contributed by atoms with E-state index >= 15 is 0 Å². The summed E-state index contributed by atoms with van der Waals surface area (Å²) in [5, 5.41) is 13.1. The number of nitrogens with one attached hydrogen (secondary N) is 1. The molecule has 1 amide bonds. The summed E-state index contributed by atoms with van der Waals surface area (Å²) in [7, 11) is 3.08. The quantitative estimate of drug-likeness (QED) is 0.575. The predicted molar refractivity (Wildman–Crippen MR) is 107 cm³/mol. The molecule has 1 atom stereocenters. The number of hydrogen-bond donors (Lipinski definition) is 2. The second kappa shape index (κ2) is 9.25. The van der Waals surface area contributed by atoms with Crippen LogP contribution < -0.4 is 10.1 Å². The Kier molecular flexibility index (Phi) is 6.51. The molecule has 2 N–H and O–H groups in total. The lowest BCUT2D eigenvalue weighted by molar-refractivity contribution is -0.141. The summed E-state index contributed by atoms with van der Waals surface area (Å²) in [6.45, 7) is 0.166. The van der Waals surface area contributed by atoms with Crippen molar-refractivity contribution in [2.45, 2.75) is 13.0 Å². The summed E-state index contributed by atoms with van der Waals surface area (Å²) in [5.41, 5.74) is 1.98. The van der Waals surface area contributed by atoms with E-state index in [2.05, 4.69) is 5.32 Å². The van der Waals surface area contributed by atoms with Gasteiger partial charge >= 0.3 is 5.97 Å². The first kappa shape index (κ1) is 20.4. The average molecular weight is 397 g/mol. The summed E-state index contributed by atoms with van der Waals surface area (Å²) in [4.78, 5) is 24.5. The maximum atomic E-state index is 12.7. The predicted octanol–water partition coefficient (Wildman–Crippen LogP) is 3.26. The second-order valence-electron chi connectivity index (χ2n) is 6.60. The standard InChI is InChI=1S/C22H23NO6/c1-27-13-17-16-8-4-6-10-19(16)29-20(17)21(24)23-12-15(22(25)26)11-14-7-3-5-9-18(14)28-2/h3-10,15H,11-13H2,1-2H3,(H,23,24)(H,25,26). The van der Waals surface area contributed by atoms with E-state index in [9.17, 15) is 14.7 Å². The van der Waals surface area contributed by atoms with Crippen molar-refractivity contribution >= 4 is 22.8 Å². The van der Waals surface area contributed by atoms with Crippen LogP contribution in [-0.4, -0.2) is 37.7 Å². The molecule has 3 aromatic rings. The van der Waals surface area contributed by atoms with Crippen LogP contribution in [-0.2, 0) is 22.6 Å². The van der Waals surface area contributed by atoms with Gasteiger partial charge in [0.25, 0.3) is 5.91 Å². The van der Waals surface area contributed by atoms with Crippen molar-refractivity contribution in [1.29, 1.82) is 0 Å². The van der Waals surface area contributed by atoms with E-state index in [0.29, 0.717) is 16.9 Å². The molecule has 29 heavy (non-hydrogen) atoms. The van der Waals surface area contributed by atoms with E-state index in [-0.39, 0.29) is 25.3 Å². The molecule has 0 bridgehead atoms. The maximum Gasteiger partial charge on any atom is 0.308 e. The Labute approximate surface area is 168 Å². The fraction of sp³-hybridized carbons (Fsp3) is 0.273. The van der Waals surface area contributed by atoms with Gasteiger partial charge in [0, 0.05) is 24.6 Å². The first-order valence-electron chi connectivity index (χ1n) is 9.17. The fourth-order valence-electron chi connectivity index (χ4n) is 3.25. The van der Waals surface area contributed by atoms with Gasteiger partial charge in [-0.1, -0.05) is 36.4 Å². The summed E-state index contributed by atoms with van der Waals surface area (Å²) in [5.74, 6) is -1.54. The van der Waals surface area contributed by atoms with Crippen molar-refractivity contribution in [3.8, 4) is 5.75 Å². The highest BCUT2D eigenvalue weighted by Gasteiger charge is 2.24. The van der Waals surface area contributed by atoms with Crippen molar-refractivity contribution in [2.75, 3.05) is 20.8 Å². The molecular weight excluding hydrogens is 374 g/mol. The molecule has 152 valence electrons. The smallest absolute Gasteiger partial charge is 0.308 e. The third-order valence-corrected chi connectivity index (χ3v) is 4.71. The zero-order chi connectivity index (χ0) is 20.8. The largest absolute Gasteiger partial charge is 0.496 e. The molecule has 1 aromatic heterocycles. The maximum absolute atomic E-state index is 12.7. The number of carboxylic acids is 1. The Hall–Kier alpha value is -3.32. The van der Waals surface area contributed by atoms with Gasteiger partial charge in [0.1, 0.15) is 11.3 Å². The highest BCUT2D eigenvalue weighted by atomic mass is 16.5. The van der Waals surface area contributed by atoms with Crippen molar-refractivity contribution < 1.29 is 28.6 Å².